The molecule has 1 aliphatic rings. The lowest BCUT2D eigenvalue weighted by Crippen LogP contribution is -2.40. The summed E-state index contributed by atoms with van der Waals surface area (Å²) in [5.41, 5.74) is 6.55. The van der Waals surface area contributed by atoms with Gasteiger partial charge in [-0.2, -0.15) is 0 Å². The number of carbonyl (C=O) groups is 1. The van der Waals surface area contributed by atoms with E-state index in [0.717, 1.165) is 31.2 Å². The van der Waals surface area contributed by atoms with Gasteiger partial charge >= 0.3 is 0 Å². The van der Waals surface area contributed by atoms with Crippen LogP contribution in [0.1, 0.15) is 44.2 Å². The molecule has 0 radical (unpaired) electrons. The van der Waals surface area contributed by atoms with Crippen molar-refractivity contribution in [3.05, 3.63) is 35.6 Å². The van der Waals surface area contributed by atoms with Gasteiger partial charge in [-0.1, -0.05) is 25.0 Å². The smallest absolute Gasteiger partial charge is 0.223 e. The summed E-state index contributed by atoms with van der Waals surface area (Å²) in [4.78, 5) is 12.4. The Balaban J connectivity index is 1.99. The Hall–Kier alpha value is -1.42. The number of nitrogens with one attached hydrogen (secondary N) is 1. The van der Waals surface area contributed by atoms with Crippen molar-refractivity contribution >= 4 is 5.91 Å². The van der Waals surface area contributed by atoms with Crippen molar-refractivity contribution in [1.29, 1.82) is 0 Å². The first-order valence-corrected chi connectivity index (χ1v) is 7.37. The van der Waals surface area contributed by atoms with Crippen molar-refractivity contribution < 1.29 is 9.18 Å². The van der Waals surface area contributed by atoms with Gasteiger partial charge in [0.25, 0.3) is 0 Å². The first-order valence-electron chi connectivity index (χ1n) is 7.37. The number of rotatable bonds is 4. The fourth-order valence-electron chi connectivity index (χ4n) is 3.01. The normalized spacial score (nSPS) is 24.1. The molecule has 1 fully saturated rings. The van der Waals surface area contributed by atoms with Gasteiger partial charge in [0.1, 0.15) is 5.82 Å². The predicted molar refractivity (Wildman–Crippen MR) is 77.5 cm³/mol. The maximum atomic E-state index is 13.2. The lowest BCUT2D eigenvalue weighted by atomic mass is 9.78. The van der Waals surface area contributed by atoms with Gasteiger partial charge in [-0.25, -0.2) is 4.39 Å². The Bertz CT molecular complexity index is 464. The molecule has 1 aromatic rings. The summed E-state index contributed by atoms with van der Waals surface area (Å²) in [5.74, 6) is 0.0613. The van der Waals surface area contributed by atoms with Crippen LogP contribution in [0.3, 0.4) is 0 Å². The van der Waals surface area contributed by atoms with Crippen LogP contribution in [-0.2, 0) is 4.79 Å². The third-order valence-corrected chi connectivity index (χ3v) is 4.26. The highest BCUT2D eigenvalue weighted by Gasteiger charge is 2.30. The van der Waals surface area contributed by atoms with E-state index in [9.17, 15) is 9.18 Å². The van der Waals surface area contributed by atoms with Gasteiger partial charge < -0.3 is 11.1 Å². The van der Waals surface area contributed by atoms with Crippen LogP contribution in [0.15, 0.2) is 24.3 Å². The summed E-state index contributed by atoms with van der Waals surface area (Å²) in [6, 6.07) is 6.18. The Morgan fingerprint density at radius 2 is 2.20 bits per heavy atom. The number of hydrogen-bond acceptors (Lipinski definition) is 2. The van der Waals surface area contributed by atoms with Gasteiger partial charge in [-0.05, 0) is 49.9 Å². The molecular weight excluding hydrogens is 255 g/mol. The second-order valence-corrected chi connectivity index (χ2v) is 5.67. The summed E-state index contributed by atoms with van der Waals surface area (Å²) in [6.45, 7) is 2.44. The topological polar surface area (TPSA) is 55.1 Å². The Kier molecular flexibility index (Phi) is 5.12. The van der Waals surface area contributed by atoms with Gasteiger partial charge in [-0.3, -0.25) is 4.79 Å². The second-order valence-electron chi connectivity index (χ2n) is 5.67. The van der Waals surface area contributed by atoms with E-state index in [1.165, 1.54) is 12.1 Å². The van der Waals surface area contributed by atoms with Crippen LogP contribution in [0.2, 0.25) is 0 Å². The third kappa shape index (κ3) is 3.57. The third-order valence-electron chi connectivity index (χ3n) is 4.26. The van der Waals surface area contributed by atoms with Gasteiger partial charge in [0.15, 0.2) is 0 Å². The van der Waals surface area contributed by atoms with Crippen molar-refractivity contribution in [3.63, 3.8) is 0 Å². The highest BCUT2D eigenvalue weighted by molar-refractivity contribution is 5.79. The zero-order valence-electron chi connectivity index (χ0n) is 11.9. The molecule has 0 bridgehead atoms. The lowest BCUT2D eigenvalue weighted by molar-refractivity contribution is -0.128. The number of nitrogens with two attached hydrogens (primary N) is 1. The van der Waals surface area contributed by atoms with E-state index in [4.69, 9.17) is 5.73 Å². The molecule has 4 heteroatoms. The average Bonchev–Trinajstić information content (AvgIpc) is 2.47. The predicted octanol–water partition coefficient (Wildman–Crippen LogP) is 2.77. The van der Waals surface area contributed by atoms with Crippen molar-refractivity contribution in [1.82, 2.24) is 5.32 Å². The quantitative estimate of drug-likeness (QED) is 0.889. The first kappa shape index (κ1) is 15.0. The fourth-order valence-corrected chi connectivity index (χ4v) is 3.01. The minimum absolute atomic E-state index is 0.00441. The summed E-state index contributed by atoms with van der Waals surface area (Å²) in [5, 5.41) is 3.00. The van der Waals surface area contributed by atoms with Crippen LogP contribution >= 0.6 is 0 Å². The number of hydrogen-bond donors (Lipinski definition) is 2. The monoisotopic (exact) mass is 278 g/mol. The van der Waals surface area contributed by atoms with E-state index in [1.54, 1.807) is 6.07 Å². The van der Waals surface area contributed by atoms with Crippen LogP contribution in [0.25, 0.3) is 0 Å². The Morgan fingerprint density at radius 1 is 1.45 bits per heavy atom. The molecule has 1 aliphatic carbocycles. The lowest BCUT2D eigenvalue weighted by Gasteiger charge is -2.30. The molecule has 3 atom stereocenters. The number of amides is 1. The molecule has 1 saturated carbocycles. The van der Waals surface area contributed by atoms with Crippen LogP contribution in [0.5, 0.6) is 0 Å². The van der Waals surface area contributed by atoms with Gasteiger partial charge in [0.05, 0.1) is 6.04 Å². The summed E-state index contributed by atoms with van der Waals surface area (Å²) < 4.78 is 13.2. The fraction of sp³-hybridized carbons (Fsp3) is 0.562. The highest BCUT2D eigenvalue weighted by atomic mass is 19.1. The summed E-state index contributed by atoms with van der Waals surface area (Å²) in [7, 11) is 0. The number of benzene rings is 1. The van der Waals surface area contributed by atoms with Crippen molar-refractivity contribution in [2.75, 3.05) is 6.54 Å². The Labute approximate surface area is 119 Å². The van der Waals surface area contributed by atoms with E-state index in [-0.39, 0.29) is 29.6 Å². The molecule has 0 saturated heterocycles. The molecule has 0 spiro atoms. The molecule has 0 aliphatic heterocycles. The van der Waals surface area contributed by atoms with Gasteiger partial charge in [-0.15, -0.1) is 0 Å². The molecule has 1 amide bonds. The molecule has 110 valence electrons. The molecule has 0 heterocycles. The van der Waals surface area contributed by atoms with Gasteiger partial charge in [0.2, 0.25) is 5.91 Å². The molecule has 2 unspecified atom stereocenters. The van der Waals surface area contributed by atoms with Crippen LogP contribution in [-0.4, -0.2) is 12.5 Å². The van der Waals surface area contributed by atoms with Crippen molar-refractivity contribution in [3.8, 4) is 0 Å². The molecule has 20 heavy (non-hydrogen) atoms. The number of halogens is 1. The van der Waals surface area contributed by atoms with Crippen LogP contribution in [0, 0.1) is 17.7 Å². The van der Waals surface area contributed by atoms with Crippen molar-refractivity contribution in [2.24, 2.45) is 17.6 Å². The average molecular weight is 278 g/mol. The van der Waals surface area contributed by atoms with E-state index >= 15 is 0 Å². The van der Waals surface area contributed by atoms with E-state index in [0.29, 0.717) is 6.54 Å². The molecule has 0 aromatic heterocycles. The summed E-state index contributed by atoms with van der Waals surface area (Å²) >= 11 is 0. The van der Waals surface area contributed by atoms with Crippen molar-refractivity contribution in [2.45, 2.75) is 38.6 Å². The van der Waals surface area contributed by atoms with Crippen LogP contribution < -0.4 is 11.1 Å². The minimum atomic E-state index is -0.277. The minimum Gasteiger partial charge on any atom is -0.349 e. The van der Waals surface area contributed by atoms with E-state index in [2.05, 4.69) is 5.32 Å². The molecule has 3 nitrogen and oxygen atoms in total. The van der Waals surface area contributed by atoms with E-state index in [1.807, 2.05) is 13.0 Å². The molecule has 2 rings (SSSR count). The zero-order chi connectivity index (χ0) is 14.5. The summed E-state index contributed by atoms with van der Waals surface area (Å²) in [6.07, 6.45) is 4.18. The maximum Gasteiger partial charge on any atom is 0.223 e. The molecule has 1 aromatic carbocycles. The molecule has 3 N–H and O–H groups in total. The van der Waals surface area contributed by atoms with E-state index < -0.39 is 0 Å². The molecular formula is C16H23FN2O. The standard InChI is InChI=1S/C16H23FN2O/c1-11(12-6-4-7-14(17)9-12)19-16(20)15-8-3-2-5-13(15)10-18/h4,6-7,9,11,13,15H,2-3,5,8,10,18H2,1H3,(H,19,20)/t11-,13?,15?/m0/s1. The maximum absolute atomic E-state index is 13.2. The van der Waals surface area contributed by atoms with Gasteiger partial charge in [0, 0.05) is 5.92 Å². The highest BCUT2D eigenvalue weighted by Crippen LogP contribution is 2.30. The number of carbonyl (C=O) groups excluding carboxylic acids is 1. The second kappa shape index (κ2) is 6.84. The first-order chi connectivity index (χ1) is 9.61. The zero-order valence-corrected chi connectivity index (χ0v) is 11.9. The van der Waals surface area contributed by atoms with Crippen LogP contribution in [0.4, 0.5) is 4.39 Å². The largest absolute Gasteiger partial charge is 0.349 e. The Morgan fingerprint density at radius 3 is 2.90 bits per heavy atom. The SMILES string of the molecule is C[C@H](NC(=O)C1CCCCC1CN)c1cccc(F)c1.